The van der Waals surface area contributed by atoms with Crippen LogP contribution in [0.5, 0.6) is 0 Å². The average molecular weight is 303 g/mol. The molecule has 8 heteroatoms. The van der Waals surface area contributed by atoms with Crippen molar-refractivity contribution in [2.24, 2.45) is 5.73 Å². The molecule has 0 bridgehead atoms. The standard InChI is InChI=1S/C11H17N3O3S2/c12-4-3-10-14-9(6-18-10)11(15)13-8-2-1-5-19(16,17)7-8/h6,8H,1-5,7,12H2,(H,13,15). The van der Waals surface area contributed by atoms with Crippen LogP contribution in [0, 0.1) is 0 Å². The zero-order chi connectivity index (χ0) is 13.9. The SMILES string of the molecule is NCCc1nc(C(=O)NC2CCCS(=O)(=O)C2)cs1. The first-order valence-electron chi connectivity index (χ1n) is 6.16. The zero-order valence-corrected chi connectivity index (χ0v) is 12.1. The number of amides is 1. The summed E-state index contributed by atoms with van der Waals surface area (Å²) in [5.41, 5.74) is 5.77. The van der Waals surface area contributed by atoms with Crippen LogP contribution in [0.4, 0.5) is 0 Å². The maximum Gasteiger partial charge on any atom is 0.271 e. The van der Waals surface area contributed by atoms with Gasteiger partial charge >= 0.3 is 0 Å². The maximum atomic E-state index is 11.9. The summed E-state index contributed by atoms with van der Waals surface area (Å²) >= 11 is 1.39. The molecule has 1 atom stereocenters. The zero-order valence-electron chi connectivity index (χ0n) is 10.5. The van der Waals surface area contributed by atoms with Crippen molar-refractivity contribution in [2.45, 2.75) is 25.3 Å². The number of carbonyl (C=O) groups excluding carboxylic acids is 1. The van der Waals surface area contributed by atoms with Crippen molar-refractivity contribution in [3.05, 3.63) is 16.1 Å². The van der Waals surface area contributed by atoms with Gasteiger partial charge in [-0.1, -0.05) is 0 Å². The monoisotopic (exact) mass is 303 g/mol. The van der Waals surface area contributed by atoms with Crippen molar-refractivity contribution in [3.63, 3.8) is 0 Å². The quantitative estimate of drug-likeness (QED) is 0.812. The van der Waals surface area contributed by atoms with Gasteiger partial charge in [0.25, 0.3) is 5.91 Å². The second-order valence-corrected chi connectivity index (χ2v) is 7.76. The summed E-state index contributed by atoms with van der Waals surface area (Å²) in [6.45, 7) is 0.495. The van der Waals surface area contributed by atoms with Crippen molar-refractivity contribution < 1.29 is 13.2 Å². The first-order valence-corrected chi connectivity index (χ1v) is 8.86. The molecule has 1 aliphatic heterocycles. The van der Waals surface area contributed by atoms with Gasteiger partial charge in [0.2, 0.25) is 0 Å². The summed E-state index contributed by atoms with van der Waals surface area (Å²) in [5, 5.41) is 5.24. The molecule has 106 valence electrons. The summed E-state index contributed by atoms with van der Waals surface area (Å²) in [6.07, 6.45) is 1.95. The van der Waals surface area contributed by atoms with Crippen LogP contribution in [-0.4, -0.2) is 43.4 Å². The lowest BCUT2D eigenvalue weighted by molar-refractivity contribution is 0.0934. The molecule has 3 N–H and O–H groups in total. The largest absolute Gasteiger partial charge is 0.347 e. The molecule has 0 aromatic carbocycles. The normalized spacial score (nSPS) is 22.1. The maximum absolute atomic E-state index is 11.9. The Labute approximate surface area is 116 Å². The number of hydrogen-bond acceptors (Lipinski definition) is 6. The fraction of sp³-hybridized carbons (Fsp3) is 0.636. The van der Waals surface area contributed by atoms with Gasteiger partial charge in [-0.05, 0) is 19.4 Å². The highest BCUT2D eigenvalue weighted by atomic mass is 32.2. The molecule has 2 rings (SSSR count). The number of aromatic nitrogens is 1. The highest BCUT2D eigenvalue weighted by Crippen LogP contribution is 2.14. The molecule has 1 fully saturated rings. The summed E-state index contributed by atoms with van der Waals surface area (Å²) in [5.74, 6) is -0.0588. The molecule has 1 aliphatic rings. The molecular formula is C11H17N3O3S2. The van der Waals surface area contributed by atoms with E-state index in [0.717, 1.165) is 5.01 Å². The molecule has 1 amide bonds. The van der Waals surface area contributed by atoms with E-state index >= 15 is 0 Å². The fourth-order valence-corrected chi connectivity index (χ4v) is 4.48. The number of nitrogens with one attached hydrogen (secondary N) is 1. The van der Waals surface area contributed by atoms with E-state index in [2.05, 4.69) is 10.3 Å². The van der Waals surface area contributed by atoms with Gasteiger partial charge < -0.3 is 11.1 Å². The smallest absolute Gasteiger partial charge is 0.271 e. The molecule has 1 aromatic heterocycles. The Kier molecular flexibility index (Phi) is 4.54. The van der Waals surface area contributed by atoms with Crippen LogP contribution in [0.3, 0.4) is 0 Å². The van der Waals surface area contributed by atoms with Gasteiger partial charge in [0.15, 0.2) is 9.84 Å². The number of nitrogens with two attached hydrogens (primary N) is 1. The predicted octanol–water partition coefficient (Wildman–Crippen LogP) is -0.0487. The van der Waals surface area contributed by atoms with Crippen LogP contribution in [0.15, 0.2) is 5.38 Å². The summed E-state index contributed by atoms with van der Waals surface area (Å²) in [7, 11) is -3.01. The Balaban J connectivity index is 1.96. The Morgan fingerprint density at radius 2 is 2.37 bits per heavy atom. The Bertz CT molecular complexity index is 553. The minimum absolute atomic E-state index is 0.0263. The van der Waals surface area contributed by atoms with E-state index in [1.807, 2.05) is 0 Å². The molecular weight excluding hydrogens is 286 g/mol. The number of rotatable bonds is 4. The lowest BCUT2D eigenvalue weighted by Crippen LogP contribution is -2.43. The van der Waals surface area contributed by atoms with Crippen molar-refractivity contribution in [2.75, 3.05) is 18.1 Å². The van der Waals surface area contributed by atoms with E-state index in [4.69, 9.17) is 5.73 Å². The van der Waals surface area contributed by atoms with Gasteiger partial charge in [0.05, 0.1) is 16.5 Å². The van der Waals surface area contributed by atoms with Gasteiger partial charge in [0, 0.05) is 17.8 Å². The highest BCUT2D eigenvalue weighted by molar-refractivity contribution is 7.91. The van der Waals surface area contributed by atoms with E-state index < -0.39 is 9.84 Å². The molecule has 6 nitrogen and oxygen atoms in total. The van der Waals surface area contributed by atoms with Gasteiger partial charge in [-0.15, -0.1) is 11.3 Å². The van der Waals surface area contributed by atoms with E-state index in [-0.39, 0.29) is 23.5 Å². The van der Waals surface area contributed by atoms with E-state index in [1.165, 1.54) is 11.3 Å². The molecule has 1 saturated heterocycles. The van der Waals surface area contributed by atoms with Crippen molar-refractivity contribution in [1.29, 1.82) is 0 Å². The molecule has 0 radical (unpaired) electrons. The van der Waals surface area contributed by atoms with Crippen LogP contribution in [-0.2, 0) is 16.3 Å². The van der Waals surface area contributed by atoms with Gasteiger partial charge in [-0.2, -0.15) is 0 Å². The van der Waals surface area contributed by atoms with E-state index in [1.54, 1.807) is 5.38 Å². The molecule has 0 spiro atoms. The topological polar surface area (TPSA) is 102 Å². The predicted molar refractivity (Wildman–Crippen MR) is 74.0 cm³/mol. The van der Waals surface area contributed by atoms with Gasteiger partial charge in [-0.3, -0.25) is 4.79 Å². The Morgan fingerprint density at radius 3 is 3.05 bits per heavy atom. The third-order valence-electron chi connectivity index (χ3n) is 2.94. The second-order valence-electron chi connectivity index (χ2n) is 4.59. The van der Waals surface area contributed by atoms with E-state index in [0.29, 0.717) is 31.5 Å². The van der Waals surface area contributed by atoms with Crippen LogP contribution in [0.2, 0.25) is 0 Å². The fourth-order valence-electron chi connectivity index (χ4n) is 2.05. The summed E-state index contributed by atoms with van der Waals surface area (Å²) in [6, 6.07) is -0.300. The average Bonchev–Trinajstić information content (AvgIpc) is 2.77. The first-order chi connectivity index (χ1) is 9.00. The molecule has 19 heavy (non-hydrogen) atoms. The number of carbonyl (C=O) groups is 1. The van der Waals surface area contributed by atoms with Crippen molar-refractivity contribution >= 4 is 27.1 Å². The van der Waals surface area contributed by atoms with Crippen LogP contribution >= 0.6 is 11.3 Å². The number of sulfone groups is 1. The molecule has 2 heterocycles. The molecule has 0 saturated carbocycles. The lowest BCUT2D eigenvalue weighted by Gasteiger charge is -2.22. The van der Waals surface area contributed by atoms with Crippen molar-refractivity contribution in [1.82, 2.24) is 10.3 Å². The number of nitrogens with zero attached hydrogens (tertiary/aromatic N) is 1. The third kappa shape index (κ3) is 3.99. The van der Waals surface area contributed by atoms with Crippen molar-refractivity contribution in [3.8, 4) is 0 Å². The Morgan fingerprint density at radius 1 is 1.58 bits per heavy atom. The van der Waals surface area contributed by atoms with Gasteiger partial charge in [-0.25, -0.2) is 13.4 Å². The van der Waals surface area contributed by atoms with Crippen LogP contribution in [0.1, 0.15) is 28.3 Å². The summed E-state index contributed by atoms with van der Waals surface area (Å²) in [4.78, 5) is 16.1. The second kappa shape index (κ2) is 5.98. The Hall–Kier alpha value is -0.990. The first kappa shape index (κ1) is 14.4. The lowest BCUT2D eigenvalue weighted by atomic mass is 10.2. The number of thiazole rings is 1. The minimum atomic E-state index is -3.01. The van der Waals surface area contributed by atoms with E-state index in [9.17, 15) is 13.2 Å². The van der Waals surface area contributed by atoms with Gasteiger partial charge in [0.1, 0.15) is 5.69 Å². The van der Waals surface area contributed by atoms with Crippen LogP contribution in [0.25, 0.3) is 0 Å². The minimum Gasteiger partial charge on any atom is -0.347 e. The molecule has 1 aromatic rings. The molecule has 1 unspecified atom stereocenters. The third-order valence-corrected chi connectivity index (χ3v) is 5.67. The summed E-state index contributed by atoms with van der Waals surface area (Å²) < 4.78 is 23.0. The molecule has 0 aliphatic carbocycles. The number of hydrogen-bond donors (Lipinski definition) is 2. The van der Waals surface area contributed by atoms with Crippen LogP contribution < -0.4 is 11.1 Å². The highest BCUT2D eigenvalue weighted by Gasteiger charge is 2.26.